The van der Waals surface area contributed by atoms with Gasteiger partial charge in [-0.25, -0.2) is 4.39 Å². The molecule has 0 amide bonds. The topological polar surface area (TPSA) is 34.1 Å². The molecule has 2 aromatic rings. The molecule has 0 saturated carbocycles. The Morgan fingerprint density at radius 1 is 1.33 bits per heavy atom. The molecule has 112 valence electrons. The van der Waals surface area contributed by atoms with Gasteiger partial charge in [0.05, 0.1) is 6.20 Å². The number of rotatable bonds is 7. The molecule has 0 saturated heterocycles. The molecule has 2 rings (SSSR count). The van der Waals surface area contributed by atoms with E-state index in [0.717, 1.165) is 18.5 Å². The number of nitrogens with one attached hydrogen (secondary N) is 1. The Balaban J connectivity index is 2.06. The van der Waals surface area contributed by atoms with E-state index in [-0.39, 0.29) is 12.4 Å². The molecule has 0 aliphatic heterocycles. The van der Waals surface area contributed by atoms with E-state index in [1.165, 1.54) is 12.3 Å². The van der Waals surface area contributed by atoms with Crippen molar-refractivity contribution in [3.63, 3.8) is 0 Å². The highest BCUT2D eigenvalue weighted by atomic mass is 35.5. The second-order valence-electron chi connectivity index (χ2n) is 4.69. The second-order valence-corrected chi connectivity index (χ2v) is 5.10. The predicted molar refractivity (Wildman–Crippen MR) is 82.0 cm³/mol. The minimum absolute atomic E-state index is 0.256. The fourth-order valence-electron chi connectivity index (χ4n) is 1.93. The van der Waals surface area contributed by atoms with Crippen molar-refractivity contribution >= 4 is 11.6 Å². The molecule has 0 unspecified atom stereocenters. The molecule has 5 heteroatoms. The number of aromatic nitrogens is 1. The van der Waals surface area contributed by atoms with Crippen molar-refractivity contribution in [2.24, 2.45) is 0 Å². The molecule has 0 aliphatic carbocycles. The maximum atomic E-state index is 13.1. The number of hydrogen-bond acceptors (Lipinski definition) is 3. The Morgan fingerprint density at radius 3 is 2.95 bits per heavy atom. The van der Waals surface area contributed by atoms with Crippen LogP contribution in [0.1, 0.15) is 24.5 Å². The monoisotopic (exact) mass is 308 g/mol. The summed E-state index contributed by atoms with van der Waals surface area (Å²) < 4.78 is 18.9. The highest BCUT2D eigenvalue weighted by molar-refractivity contribution is 6.31. The van der Waals surface area contributed by atoms with E-state index in [9.17, 15) is 4.39 Å². The molecule has 1 heterocycles. The highest BCUT2D eigenvalue weighted by Crippen LogP contribution is 2.27. The third-order valence-corrected chi connectivity index (χ3v) is 3.31. The Labute approximate surface area is 129 Å². The molecule has 21 heavy (non-hydrogen) atoms. The molecular weight excluding hydrogens is 291 g/mol. The van der Waals surface area contributed by atoms with E-state index in [1.807, 2.05) is 18.2 Å². The van der Waals surface area contributed by atoms with Gasteiger partial charge >= 0.3 is 0 Å². The van der Waals surface area contributed by atoms with Crippen LogP contribution in [-0.4, -0.2) is 11.5 Å². The van der Waals surface area contributed by atoms with E-state index in [4.69, 9.17) is 16.3 Å². The minimum atomic E-state index is -0.368. The number of nitrogens with zero attached hydrogens (tertiary/aromatic N) is 1. The second kappa shape index (κ2) is 7.96. The van der Waals surface area contributed by atoms with Crippen molar-refractivity contribution in [2.75, 3.05) is 6.54 Å². The first-order chi connectivity index (χ1) is 10.2. The Morgan fingerprint density at radius 2 is 2.19 bits per heavy atom. The lowest BCUT2D eigenvalue weighted by Gasteiger charge is -2.13. The summed E-state index contributed by atoms with van der Waals surface area (Å²) in [7, 11) is 0. The lowest BCUT2D eigenvalue weighted by molar-refractivity contribution is 0.301. The van der Waals surface area contributed by atoms with Gasteiger partial charge in [0, 0.05) is 28.9 Å². The van der Waals surface area contributed by atoms with Crippen LogP contribution in [0.3, 0.4) is 0 Å². The normalized spacial score (nSPS) is 10.6. The van der Waals surface area contributed by atoms with Crippen LogP contribution in [0, 0.1) is 5.82 Å². The third-order valence-electron chi connectivity index (χ3n) is 2.96. The number of pyridine rings is 1. The van der Waals surface area contributed by atoms with Gasteiger partial charge in [-0.1, -0.05) is 24.6 Å². The zero-order valence-electron chi connectivity index (χ0n) is 11.9. The Kier molecular flexibility index (Phi) is 5.96. The first kappa shape index (κ1) is 15.7. The van der Waals surface area contributed by atoms with Gasteiger partial charge in [-0.05, 0) is 31.2 Å². The molecule has 0 spiro atoms. The Hall–Kier alpha value is -1.65. The minimum Gasteiger partial charge on any atom is -0.488 e. The molecule has 0 aliphatic rings. The van der Waals surface area contributed by atoms with Gasteiger partial charge in [-0.3, -0.25) is 4.98 Å². The molecule has 1 N–H and O–H groups in total. The van der Waals surface area contributed by atoms with E-state index in [0.29, 0.717) is 22.9 Å². The zero-order valence-corrected chi connectivity index (χ0v) is 12.7. The molecule has 0 fully saturated rings. The van der Waals surface area contributed by atoms with Crippen LogP contribution in [0.15, 0.2) is 36.7 Å². The van der Waals surface area contributed by atoms with Crippen molar-refractivity contribution in [1.29, 1.82) is 0 Å². The van der Waals surface area contributed by atoms with Crippen LogP contribution in [0.5, 0.6) is 5.75 Å². The molecule has 0 radical (unpaired) electrons. The quantitative estimate of drug-likeness (QED) is 0.786. The van der Waals surface area contributed by atoms with Crippen molar-refractivity contribution < 1.29 is 9.13 Å². The van der Waals surface area contributed by atoms with E-state index >= 15 is 0 Å². The summed E-state index contributed by atoms with van der Waals surface area (Å²) in [6.07, 6.45) is 3.81. The van der Waals surface area contributed by atoms with Gasteiger partial charge in [0.1, 0.15) is 18.2 Å². The van der Waals surface area contributed by atoms with E-state index in [2.05, 4.69) is 17.2 Å². The number of halogens is 2. The smallest absolute Gasteiger partial charge is 0.141 e. The lowest BCUT2D eigenvalue weighted by atomic mass is 10.2. The predicted octanol–water partition coefficient (Wildman–Crippen LogP) is 3.95. The summed E-state index contributed by atoms with van der Waals surface area (Å²) in [5.41, 5.74) is 1.60. The summed E-state index contributed by atoms with van der Waals surface area (Å²) in [6, 6.07) is 6.94. The zero-order chi connectivity index (χ0) is 15.1. The van der Waals surface area contributed by atoms with Gasteiger partial charge in [0.15, 0.2) is 0 Å². The fraction of sp³-hybridized carbons (Fsp3) is 0.312. The maximum absolute atomic E-state index is 13.1. The number of benzene rings is 1. The third kappa shape index (κ3) is 4.69. The standard InChI is InChI=1S/C16H18ClFN2O/c1-2-6-19-10-14-15(17)4-3-5-16(14)21-11-12-7-13(18)9-20-8-12/h3-5,7-9,19H,2,6,10-11H2,1H3. The van der Waals surface area contributed by atoms with Crippen LogP contribution in [0.2, 0.25) is 5.02 Å². The van der Waals surface area contributed by atoms with Crippen molar-refractivity contribution in [3.05, 3.63) is 58.6 Å². The number of ether oxygens (including phenoxy) is 1. The Bertz CT molecular complexity index is 592. The molecule has 1 aromatic carbocycles. The molecule has 0 bridgehead atoms. The van der Waals surface area contributed by atoms with Crippen LogP contribution in [-0.2, 0) is 13.2 Å². The SMILES string of the molecule is CCCNCc1c(Cl)cccc1OCc1cncc(F)c1. The summed E-state index contributed by atoms with van der Waals surface area (Å²) in [4.78, 5) is 3.80. The van der Waals surface area contributed by atoms with Gasteiger partial charge in [0.2, 0.25) is 0 Å². The van der Waals surface area contributed by atoms with Gasteiger partial charge < -0.3 is 10.1 Å². The molecule has 0 atom stereocenters. The van der Waals surface area contributed by atoms with Gasteiger partial charge in [-0.2, -0.15) is 0 Å². The first-order valence-electron chi connectivity index (χ1n) is 6.91. The molecular formula is C16H18ClFN2O. The first-order valence-corrected chi connectivity index (χ1v) is 7.29. The van der Waals surface area contributed by atoms with Crippen LogP contribution in [0.25, 0.3) is 0 Å². The fourth-order valence-corrected chi connectivity index (χ4v) is 2.16. The average molecular weight is 309 g/mol. The highest BCUT2D eigenvalue weighted by Gasteiger charge is 2.08. The summed E-state index contributed by atoms with van der Waals surface area (Å²) in [6.45, 7) is 3.92. The summed E-state index contributed by atoms with van der Waals surface area (Å²) in [5, 5.41) is 3.96. The van der Waals surface area contributed by atoms with Crippen molar-refractivity contribution in [3.8, 4) is 5.75 Å². The maximum Gasteiger partial charge on any atom is 0.141 e. The van der Waals surface area contributed by atoms with Crippen LogP contribution in [0.4, 0.5) is 4.39 Å². The van der Waals surface area contributed by atoms with Gasteiger partial charge in [-0.15, -0.1) is 0 Å². The van der Waals surface area contributed by atoms with Gasteiger partial charge in [0.25, 0.3) is 0 Å². The average Bonchev–Trinajstić information content (AvgIpc) is 2.47. The van der Waals surface area contributed by atoms with Crippen molar-refractivity contribution in [2.45, 2.75) is 26.5 Å². The molecule has 3 nitrogen and oxygen atoms in total. The van der Waals surface area contributed by atoms with Crippen LogP contribution < -0.4 is 10.1 Å². The molecule has 1 aromatic heterocycles. The van der Waals surface area contributed by atoms with E-state index < -0.39 is 0 Å². The lowest BCUT2D eigenvalue weighted by Crippen LogP contribution is -2.15. The largest absolute Gasteiger partial charge is 0.488 e. The number of hydrogen-bond donors (Lipinski definition) is 1. The summed E-state index contributed by atoms with van der Waals surface area (Å²) >= 11 is 6.22. The summed E-state index contributed by atoms with van der Waals surface area (Å²) in [5.74, 6) is 0.336. The van der Waals surface area contributed by atoms with E-state index in [1.54, 1.807) is 6.20 Å². The van der Waals surface area contributed by atoms with Crippen LogP contribution >= 0.6 is 11.6 Å². The van der Waals surface area contributed by atoms with Crippen molar-refractivity contribution in [1.82, 2.24) is 10.3 Å².